The van der Waals surface area contributed by atoms with Crippen molar-refractivity contribution < 1.29 is 27.9 Å². The number of piperidine rings is 1. The van der Waals surface area contributed by atoms with E-state index in [0.29, 0.717) is 36.4 Å². The van der Waals surface area contributed by atoms with Gasteiger partial charge >= 0.3 is 6.03 Å². The number of aromatic nitrogens is 6. The molecule has 19 heteroatoms. The molecule has 5 saturated heterocycles. The Balaban J connectivity index is 0.647. The average molecular weight is 878 g/mol. The first kappa shape index (κ1) is 40.9. The number of morpholine rings is 1. The second-order valence-corrected chi connectivity index (χ2v) is 18.3. The smallest absolute Gasteiger partial charge is 0.328 e. The first-order chi connectivity index (χ1) is 31.2. The lowest BCUT2D eigenvalue weighted by Crippen LogP contribution is -2.53. The quantitative estimate of drug-likeness (QED) is 0.191. The molecule has 11 rings (SSSR count). The number of nitrogens with one attached hydrogen (secondary N) is 2. The molecule has 1 aliphatic carbocycles. The number of hydrogen-bond acceptors (Lipinski definition) is 12. The monoisotopic (exact) mass is 877 g/mol. The zero-order valence-electron chi connectivity index (χ0n) is 35.7. The first-order valence-corrected chi connectivity index (χ1v) is 22.8. The fourth-order valence-electron chi connectivity index (χ4n) is 11.0. The number of amides is 4. The van der Waals surface area contributed by atoms with Crippen molar-refractivity contribution in [2.24, 2.45) is 5.92 Å². The first-order valence-electron chi connectivity index (χ1n) is 22.8. The number of carbonyl (C=O) groups excluding carboxylic acids is 3. The molecule has 336 valence electrons. The van der Waals surface area contributed by atoms with E-state index >= 15 is 0 Å². The molecule has 2 bridgehead atoms. The van der Waals surface area contributed by atoms with E-state index in [-0.39, 0.29) is 41.8 Å². The number of alkyl halides is 2. The predicted molar refractivity (Wildman–Crippen MR) is 235 cm³/mol. The molecule has 4 aromatic heterocycles. The van der Waals surface area contributed by atoms with Crippen molar-refractivity contribution in [2.75, 3.05) is 85.5 Å². The molecule has 5 aromatic rings. The highest BCUT2D eigenvalue weighted by molar-refractivity contribution is 6.10. The van der Waals surface area contributed by atoms with Gasteiger partial charge in [-0.2, -0.15) is 10.2 Å². The molecular weight excluding hydrogens is 825 g/mol. The molecule has 0 radical (unpaired) electrons. The Hall–Kier alpha value is -5.79. The number of urea groups is 1. The van der Waals surface area contributed by atoms with E-state index in [1.807, 2.05) is 12.3 Å². The van der Waals surface area contributed by atoms with Crippen LogP contribution in [0.5, 0.6) is 0 Å². The third-order valence-corrected chi connectivity index (χ3v) is 14.5. The van der Waals surface area contributed by atoms with Crippen molar-refractivity contribution in [1.29, 1.82) is 0 Å². The van der Waals surface area contributed by atoms with E-state index in [0.717, 1.165) is 120 Å². The number of piperazine rings is 1. The molecule has 0 unspecified atom stereocenters. The van der Waals surface area contributed by atoms with E-state index < -0.39 is 24.1 Å². The zero-order chi connectivity index (χ0) is 43.5. The van der Waals surface area contributed by atoms with Gasteiger partial charge in [-0.3, -0.25) is 34.4 Å². The summed E-state index contributed by atoms with van der Waals surface area (Å²) in [4.78, 5) is 58.5. The number of ether oxygens (including phenoxy) is 1. The van der Waals surface area contributed by atoms with Gasteiger partial charge in [-0.05, 0) is 82.2 Å². The van der Waals surface area contributed by atoms with Crippen LogP contribution in [0, 0.1) is 5.92 Å². The molecule has 64 heavy (non-hydrogen) atoms. The van der Waals surface area contributed by atoms with Crippen LogP contribution >= 0.6 is 0 Å². The Bertz CT molecular complexity index is 2560. The van der Waals surface area contributed by atoms with Crippen LogP contribution in [0.2, 0.25) is 0 Å². The van der Waals surface area contributed by atoms with Crippen LogP contribution in [-0.4, -0.2) is 141 Å². The van der Waals surface area contributed by atoms with Crippen LogP contribution in [-0.2, 0) is 9.53 Å². The maximum Gasteiger partial charge on any atom is 0.328 e. The fraction of sp³-hybridized carbons (Fsp3) is 0.533. The van der Waals surface area contributed by atoms with Crippen LogP contribution in [0.4, 0.5) is 36.5 Å². The number of benzene rings is 1. The van der Waals surface area contributed by atoms with Crippen LogP contribution in [0.15, 0.2) is 55.2 Å². The molecule has 17 nitrogen and oxygen atoms in total. The lowest BCUT2D eigenvalue weighted by Gasteiger charge is -2.44. The van der Waals surface area contributed by atoms with Gasteiger partial charge in [0.25, 0.3) is 12.3 Å². The highest BCUT2D eigenvalue weighted by atomic mass is 19.3. The highest BCUT2D eigenvalue weighted by Crippen LogP contribution is 2.37. The second kappa shape index (κ2) is 17.0. The van der Waals surface area contributed by atoms with E-state index in [1.54, 1.807) is 28.2 Å². The molecule has 9 heterocycles. The summed E-state index contributed by atoms with van der Waals surface area (Å²) in [6.07, 6.45) is 12.8. The largest absolute Gasteiger partial charge is 0.374 e. The minimum Gasteiger partial charge on any atom is -0.374 e. The summed E-state index contributed by atoms with van der Waals surface area (Å²) in [6.45, 7) is 8.84. The minimum atomic E-state index is -2.84. The minimum absolute atomic E-state index is 0.00985. The number of carbonyl (C=O) groups is 3. The fourth-order valence-corrected chi connectivity index (χ4v) is 11.0. The highest BCUT2D eigenvalue weighted by Gasteiger charge is 2.40. The summed E-state index contributed by atoms with van der Waals surface area (Å²) in [6, 6.07) is 8.62. The van der Waals surface area contributed by atoms with Gasteiger partial charge in [0.2, 0.25) is 5.91 Å². The molecule has 6 fully saturated rings. The van der Waals surface area contributed by atoms with E-state index in [1.165, 1.54) is 10.7 Å². The van der Waals surface area contributed by atoms with Gasteiger partial charge in [-0.15, -0.1) is 0 Å². The summed E-state index contributed by atoms with van der Waals surface area (Å²) in [5, 5.41) is 15.7. The van der Waals surface area contributed by atoms with Crippen LogP contribution in [0.25, 0.3) is 16.4 Å². The third-order valence-electron chi connectivity index (χ3n) is 14.5. The zero-order valence-corrected chi connectivity index (χ0v) is 35.7. The maximum atomic E-state index is 14.3. The van der Waals surface area contributed by atoms with Crippen LogP contribution in [0.3, 0.4) is 0 Å². The van der Waals surface area contributed by atoms with Gasteiger partial charge in [0.05, 0.1) is 48.6 Å². The third kappa shape index (κ3) is 7.91. The second-order valence-electron chi connectivity index (χ2n) is 18.3. The Morgan fingerprint density at radius 3 is 2.50 bits per heavy atom. The van der Waals surface area contributed by atoms with Crippen molar-refractivity contribution in [3.63, 3.8) is 0 Å². The maximum absolute atomic E-state index is 14.3. The molecule has 1 aromatic carbocycles. The van der Waals surface area contributed by atoms with E-state index in [2.05, 4.69) is 63.6 Å². The van der Waals surface area contributed by atoms with Crippen molar-refractivity contribution in [3.8, 4) is 0 Å². The number of likely N-dealkylation sites (tertiary alicyclic amines) is 1. The Morgan fingerprint density at radius 2 is 1.75 bits per heavy atom. The Morgan fingerprint density at radius 1 is 0.922 bits per heavy atom. The van der Waals surface area contributed by atoms with Gasteiger partial charge in [0, 0.05) is 93.3 Å². The lowest BCUT2D eigenvalue weighted by atomic mass is 9.85. The predicted octanol–water partition coefficient (Wildman–Crippen LogP) is 5.11. The van der Waals surface area contributed by atoms with Gasteiger partial charge in [-0.1, -0.05) is 6.07 Å². The summed E-state index contributed by atoms with van der Waals surface area (Å²) < 4.78 is 37.6. The average Bonchev–Trinajstić information content (AvgIpc) is 4.14. The standard InChI is InChI=1S/C45H53F2N13O4/c46-42(47)41-37(50-44(62)36-22-49-59-14-9-39(51-43(36)59)58-25-34-20-33(58)27-64-34)26-60(53-41)31-3-1-28(2-4-31)24-54-11-7-30(8-12-54)55-15-17-56(18-16-55)32-5-6-35-29(19-32)21-48-23-38(35)57-13-10-40(61)52-45(57)63/h5-6,9,14,19,21-23,26,28,30-31,33-34,42H,1-4,7-8,10-13,15-18,20,24-25,27H2,(H,50,62)(H,52,61,63)/t28-,31-,33-,34-/m1/s1. The summed E-state index contributed by atoms with van der Waals surface area (Å²) >= 11 is 0. The molecule has 0 spiro atoms. The van der Waals surface area contributed by atoms with Crippen molar-refractivity contribution in [2.45, 2.75) is 82.0 Å². The number of fused-ring (bicyclic) bond motifs is 4. The number of nitrogens with zero attached hydrogens (tertiary/aromatic N) is 11. The molecule has 2 atom stereocenters. The molecule has 6 aliphatic rings. The Kier molecular flexibility index (Phi) is 10.9. The van der Waals surface area contributed by atoms with Crippen LogP contribution in [0.1, 0.15) is 79.9 Å². The van der Waals surface area contributed by atoms with Gasteiger partial charge < -0.3 is 24.8 Å². The number of imide groups is 1. The topological polar surface area (TPSA) is 162 Å². The molecule has 2 N–H and O–H groups in total. The SMILES string of the molecule is O=C1CCN(c2cncc3cc(N4CCN(C5CCN(C[C@H]6CC[C@H](n7cc(NC(=O)c8cnn9ccc(N%10C[C@H]%11C[C@@H]%10CO%11)nc89)c(C(F)F)n7)CC6)CC5)CC4)ccc23)C(=O)N1. The van der Waals surface area contributed by atoms with Gasteiger partial charge in [-0.25, -0.2) is 23.1 Å². The van der Waals surface area contributed by atoms with Crippen molar-refractivity contribution >= 4 is 57.1 Å². The van der Waals surface area contributed by atoms with E-state index in [4.69, 9.17) is 9.72 Å². The molecule has 1 saturated carbocycles. The summed E-state index contributed by atoms with van der Waals surface area (Å²) in [5.41, 5.74) is 2.03. The number of hydrogen-bond donors (Lipinski definition) is 2. The van der Waals surface area contributed by atoms with Gasteiger partial charge in [0.15, 0.2) is 11.3 Å². The van der Waals surface area contributed by atoms with Crippen LogP contribution < -0.4 is 25.3 Å². The summed E-state index contributed by atoms with van der Waals surface area (Å²) in [7, 11) is 0. The number of rotatable bonds is 10. The number of halogens is 2. The molecular formula is C45H53F2N13O4. The van der Waals surface area contributed by atoms with Gasteiger partial charge in [0.1, 0.15) is 11.4 Å². The molecule has 5 aliphatic heterocycles. The Labute approximate surface area is 368 Å². The lowest BCUT2D eigenvalue weighted by molar-refractivity contribution is -0.120. The number of anilines is 4. The molecule has 4 amide bonds. The normalized spacial score (nSPS) is 25.0. The summed E-state index contributed by atoms with van der Waals surface area (Å²) in [5.74, 6) is 0.485. The van der Waals surface area contributed by atoms with Crippen molar-refractivity contribution in [3.05, 3.63) is 66.5 Å². The van der Waals surface area contributed by atoms with Crippen molar-refractivity contribution in [1.82, 2.24) is 44.5 Å². The van der Waals surface area contributed by atoms with E-state index in [9.17, 15) is 23.2 Å². The number of pyridine rings is 1.